The number of ether oxygens (including phenoxy) is 1. The number of benzene rings is 2. The number of carbonyl (C=O) groups is 1. The number of amides is 1. The Morgan fingerprint density at radius 3 is 2.50 bits per heavy atom. The van der Waals surface area contributed by atoms with Gasteiger partial charge in [-0.15, -0.1) is 0 Å². The summed E-state index contributed by atoms with van der Waals surface area (Å²) >= 11 is 0. The first-order chi connectivity index (χ1) is 10.6. The quantitative estimate of drug-likeness (QED) is 0.860. The first-order valence-electron chi connectivity index (χ1n) is 7.00. The van der Waals surface area contributed by atoms with E-state index in [2.05, 4.69) is 5.32 Å². The molecule has 0 fully saturated rings. The van der Waals surface area contributed by atoms with Gasteiger partial charge in [-0.05, 0) is 24.3 Å². The summed E-state index contributed by atoms with van der Waals surface area (Å²) in [6.45, 7) is 0. The Hall–Kier alpha value is -2.75. The minimum atomic E-state index is -0.180. The first-order valence-corrected chi connectivity index (χ1v) is 7.00. The normalized spacial score (nSPS) is 10.5. The van der Waals surface area contributed by atoms with Gasteiger partial charge in [-0.2, -0.15) is 0 Å². The molecule has 0 atom stereocenters. The third-order valence-electron chi connectivity index (χ3n) is 3.20. The van der Waals surface area contributed by atoms with Gasteiger partial charge < -0.3 is 15.0 Å². The van der Waals surface area contributed by atoms with Crippen molar-refractivity contribution in [2.45, 2.75) is 0 Å². The second-order valence-corrected chi connectivity index (χ2v) is 4.98. The number of hydrogen-bond donors (Lipinski definition) is 1. The fraction of sp³-hybridized carbons (Fsp3) is 0.167. The molecule has 0 bridgehead atoms. The van der Waals surface area contributed by atoms with Crippen LogP contribution in [0.25, 0.3) is 6.08 Å². The van der Waals surface area contributed by atoms with E-state index in [1.165, 1.54) is 6.08 Å². The Morgan fingerprint density at radius 2 is 1.77 bits per heavy atom. The molecule has 0 heterocycles. The van der Waals surface area contributed by atoms with Crippen LogP contribution in [0.2, 0.25) is 0 Å². The fourth-order valence-electron chi connectivity index (χ4n) is 2.11. The summed E-state index contributed by atoms with van der Waals surface area (Å²) in [5, 5.41) is 2.89. The van der Waals surface area contributed by atoms with Crippen LogP contribution in [0.1, 0.15) is 5.56 Å². The zero-order chi connectivity index (χ0) is 15.9. The maximum absolute atomic E-state index is 12.1. The first kappa shape index (κ1) is 15.6. The standard InChI is InChI=1S/C18H20N2O2/c1-20(2)16-10-6-5-9-15(16)19-18(21)13-12-14-8-4-7-11-17(14)22-3/h4-13H,1-3H3,(H,19,21)/b13-12+. The third-order valence-corrected chi connectivity index (χ3v) is 3.20. The highest BCUT2D eigenvalue weighted by molar-refractivity contribution is 6.03. The molecular weight excluding hydrogens is 276 g/mol. The van der Waals surface area contributed by atoms with E-state index in [9.17, 15) is 4.79 Å². The smallest absolute Gasteiger partial charge is 0.248 e. The Balaban J connectivity index is 2.12. The van der Waals surface area contributed by atoms with Crippen molar-refractivity contribution < 1.29 is 9.53 Å². The lowest BCUT2D eigenvalue weighted by Gasteiger charge is -2.17. The Morgan fingerprint density at radius 1 is 1.09 bits per heavy atom. The average molecular weight is 296 g/mol. The number of rotatable bonds is 5. The highest BCUT2D eigenvalue weighted by Gasteiger charge is 2.06. The highest BCUT2D eigenvalue weighted by atomic mass is 16.5. The molecule has 0 aliphatic heterocycles. The summed E-state index contributed by atoms with van der Waals surface area (Å²) in [4.78, 5) is 14.1. The number of para-hydroxylation sites is 3. The van der Waals surface area contributed by atoms with Gasteiger partial charge in [0.15, 0.2) is 0 Å². The number of anilines is 2. The molecule has 4 heteroatoms. The molecule has 2 aromatic carbocycles. The lowest BCUT2D eigenvalue weighted by molar-refractivity contribution is -0.111. The molecule has 0 aliphatic rings. The second-order valence-electron chi connectivity index (χ2n) is 4.98. The molecule has 114 valence electrons. The maximum atomic E-state index is 12.1. The Bertz CT molecular complexity index is 678. The Labute approximate surface area is 131 Å². The van der Waals surface area contributed by atoms with E-state index in [0.717, 1.165) is 22.7 Å². The van der Waals surface area contributed by atoms with Gasteiger partial charge in [-0.3, -0.25) is 4.79 Å². The van der Waals surface area contributed by atoms with Crippen molar-refractivity contribution in [3.8, 4) is 5.75 Å². The van der Waals surface area contributed by atoms with Gasteiger partial charge in [-0.25, -0.2) is 0 Å². The molecule has 0 aromatic heterocycles. The minimum Gasteiger partial charge on any atom is -0.496 e. The number of methoxy groups -OCH3 is 1. The van der Waals surface area contributed by atoms with Gasteiger partial charge in [0.1, 0.15) is 5.75 Å². The van der Waals surface area contributed by atoms with E-state index >= 15 is 0 Å². The van der Waals surface area contributed by atoms with Crippen LogP contribution in [0.15, 0.2) is 54.6 Å². The summed E-state index contributed by atoms with van der Waals surface area (Å²) in [6, 6.07) is 15.2. The molecule has 1 N–H and O–H groups in total. The van der Waals surface area contributed by atoms with Gasteiger partial charge in [0.2, 0.25) is 5.91 Å². The van der Waals surface area contributed by atoms with Crippen LogP contribution in [0.5, 0.6) is 5.75 Å². The van der Waals surface area contributed by atoms with E-state index in [1.807, 2.05) is 67.5 Å². The molecule has 0 saturated heterocycles. The number of carbonyl (C=O) groups excluding carboxylic acids is 1. The summed E-state index contributed by atoms with van der Waals surface area (Å²) in [5.41, 5.74) is 2.60. The van der Waals surface area contributed by atoms with Crippen molar-refractivity contribution in [1.82, 2.24) is 0 Å². The maximum Gasteiger partial charge on any atom is 0.248 e. The van der Waals surface area contributed by atoms with Crippen molar-refractivity contribution in [2.75, 3.05) is 31.4 Å². The summed E-state index contributed by atoms with van der Waals surface area (Å²) in [5.74, 6) is 0.556. The van der Waals surface area contributed by atoms with Gasteiger partial charge in [0.25, 0.3) is 0 Å². The molecule has 4 nitrogen and oxygen atoms in total. The monoisotopic (exact) mass is 296 g/mol. The SMILES string of the molecule is COc1ccccc1/C=C/C(=O)Nc1ccccc1N(C)C. The predicted octanol–water partition coefficient (Wildman–Crippen LogP) is 3.41. The van der Waals surface area contributed by atoms with Crippen molar-refractivity contribution in [3.63, 3.8) is 0 Å². The van der Waals surface area contributed by atoms with Crippen LogP contribution in [-0.2, 0) is 4.79 Å². The van der Waals surface area contributed by atoms with E-state index < -0.39 is 0 Å². The molecule has 0 aliphatic carbocycles. The molecule has 2 aromatic rings. The summed E-state index contributed by atoms with van der Waals surface area (Å²) in [7, 11) is 5.49. The predicted molar refractivity (Wildman–Crippen MR) is 91.4 cm³/mol. The van der Waals surface area contributed by atoms with Crippen LogP contribution in [0.4, 0.5) is 11.4 Å². The van der Waals surface area contributed by atoms with Crippen LogP contribution in [0, 0.1) is 0 Å². The second kappa shape index (κ2) is 7.31. The Kier molecular flexibility index (Phi) is 5.20. The van der Waals surface area contributed by atoms with Crippen LogP contribution in [-0.4, -0.2) is 27.1 Å². The lowest BCUT2D eigenvalue weighted by atomic mass is 10.2. The van der Waals surface area contributed by atoms with E-state index in [4.69, 9.17) is 4.74 Å². The largest absolute Gasteiger partial charge is 0.496 e. The molecular formula is C18H20N2O2. The average Bonchev–Trinajstić information content (AvgIpc) is 2.53. The zero-order valence-electron chi connectivity index (χ0n) is 13.0. The number of hydrogen-bond acceptors (Lipinski definition) is 3. The van der Waals surface area contributed by atoms with Crippen molar-refractivity contribution in [3.05, 3.63) is 60.2 Å². The molecule has 0 unspecified atom stereocenters. The number of nitrogens with zero attached hydrogens (tertiary/aromatic N) is 1. The fourth-order valence-corrected chi connectivity index (χ4v) is 2.11. The van der Waals surface area contributed by atoms with Crippen LogP contribution < -0.4 is 15.0 Å². The van der Waals surface area contributed by atoms with E-state index in [-0.39, 0.29) is 5.91 Å². The molecule has 1 amide bonds. The molecule has 22 heavy (non-hydrogen) atoms. The van der Waals surface area contributed by atoms with Gasteiger partial charge in [0.05, 0.1) is 18.5 Å². The van der Waals surface area contributed by atoms with Crippen molar-refractivity contribution in [1.29, 1.82) is 0 Å². The third kappa shape index (κ3) is 3.88. The summed E-state index contributed by atoms with van der Waals surface area (Å²) < 4.78 is 5.26. The minimum absolute atomic E-state index is 0.180. The van der Waals surface area contributed by atoms with Gasteiger partial charge >= 0.3 is 0 Å². The summed E-state index contributed by atoms with van der Waals surface area (Å²) in [6.07, 6.45) is 3.25. The highest BCUT2D eigenvalue weighted by Crippen LogP contribution is 2.23. The molecule has 0 spiro atoms. The van der Waals surface area contributed by atoms with Crippen molar-refractivity contribution >= 4 is 23.4 Å². The molecule has 0 saturated carbocycles. The van der Waals surface area contributed by atoms with E-state index in [0.29, 0.717) is 0 Å². The van der Waals surface area contributed by atoms with Gasteiger partial charge in [-0.1, -0.05) is 30.3 Å². The lowest BCUT2D eigenvalue weighted by Crippen LogP contribution is -2.14. The van der Waals surface area contributed by atoms with Gasteiger partial charge in [0, 0.05) is 25.7 Å². The zero-order valence-corrected chi connectivity index (χ0v) is 13.0. The van der Waals surface area contributed by atoms with Crippen molar-refractivity contribution in [2.24, 2.45) is 0 Å². The topological polar surface area (TPSA) is 41.6 Å². The molecule has 0 radical (unpaired) electrons. The number of nitrogens with one attached hydrogen (secondary N) is 1. The van der Waals surface area contributed by atoms with Crippen LogP contribution >= 0.6 is 0 Å². The van der Waals surface area contributed by atoms with E-state index in [1.54, 1.807) is 13.2 Å². The molecule has 2 rings (SSSR count). The van der Waals surface area contributed by atoms with Crippen LogP contribution in [0.3, 0.4) is 0 Å².